The van der Waals surface area contributed by atoms with Crippen molar-refractivity contribution in [2.45, 2.75) is 195 Å². The number of carboxylic acid groups (broad SMARTS) is 1. The molecule has 4 rings (SSSR count). The number of esters is 3. The van der Waals surface area contributed by atoms with Gasteiger partial charge in [0.05, 0.1) is 36.1 Å². The van der Waals surface area contributed by atoms with E-state index in [0.717, 1.165) is 0 Å². The standard InChI is InChI=1S/C41H68O14/c1-14-27(34(28(45)15-2)50-25(11)43)20(6)23(9)48-31-18(4)17-19(5)32(49-24(10)42)36(31)53-40-22(8)33(37(54-40)39(46)47)52-38-21(7)30-35(51-26(12)44)29(16-3)55-41(30,38)13/h18-23,27-38,40,45H,14-17H2,1-13H3,(H,46,47). The zero-order valence-corrected chi connectivity index (χ0v) is 35.1. The maximum Gasteiger partial charge on any atom is 0.335 e. The van der Waals surface area contributed by atoms with Crippen LogP contribution in [0, 0.1) is 41.4 Å². The Kier molecular flexibility index (Phi) is 15.2. The highest BCUT2D eigenvalue weighted by molar-refractivity contribution is 5.73. The molecule has 2 heterocycles. The maximum absolute atomic E-state index is 12.7. The van der Waals surface area contributed by atoms with E-state index in [-0.39, 0.29) is 47.6 Å². The van der Waals surface area contributed by atoms with Crippen LogP contribution >= 0.6 is 0 Å². The van der Waals surface area contributed by atoms with Crippen molar-refractivity contribution >= 4 is 23.9 Å². The Morgan fingerprint density at radius 1 is 0.800 bits per heavy atom. The van der Waals surface area contributed by atoms with Crippen molar-refractivity contribution in [3.05, 3.63) is 0 Å². The summed E-state index contributed by atoms with van der Waals surface area (Å²) in [5, 5.41) is 21.2. The van der Waals surface area contributed by atoms with Crippen molar-refractivity contribution in [3.63, 3.8) is 0 Å². The number of hydrogen-bond donors (Lipinski definition) is 2. The Bertz CT molecular complexity index is 1340. The Morgan fingerprint density at radius 3 is 1.93 bits per heavy atom. The monoisotopic (exact) mass is 784 g/mol. The highest BCUT2D eigenvalue weighted by Crippen LogP contribution is 2.58. The molecule has 55 heavy (non-hydrogen) atoms. The lowest BCUT2D eigenvalue weighted by Gasteiger charge is -2.55. The average Bonchev–Trinajstić information content (AvgIpc) is 3.55. The predicted molar refractivity (Wildman–Crippen MR) is 198 cm³/mol. The van der Waals surface area contributed by atoms with Crippen LogP contribution in [-0.2, 0) is 57.1 Å². The quantitative estimate of drug-likeness (QED) is 0.147. The Morgan fingerprint density at radius 2 is 1.40 bits per heavy atom. The molecule has 2 aliphatic heterocycles. The molecule has 2 aliphatic carbocycles. The van der Waals surface area contributed by atoms with Crippen LogP contribution in [0.2, 0.25) is 0 Å². The lowest BCUT2D eigenvalue weighted by Crippen LogP contribution is -2.66. The van der Waals surface area contributed by atoms with E-state index in [9.17, 15) is 29.4 Å². The molecule has 20 unspecified atom stereocenters. The van der Waals surface area contributed by atoms with Crippen molar-refractivity contribution in [2.24, 2.45) is 41.4 Å². The fraction of sp³-hybridized carbons (Fsp3) is 0.902. The summed E-state index contributed by atoms with van der Waals surface area (Å²) in [5.41, 5.74) is -0.805. The van der Waals surface area contributed by atoms with Gasteiger partial charge in [0.15, 0.2) is 12.4 Å². The molecule has 0 aromatic rings. The molecule has 20 atom stereocenters. The van der Waals surface area contributed by atoms with Gasteiger partial charge in [-0.05, 0) is 63.2 Å². The first-order valence-electron chi connectivity index (χ1n) is 20.4. The summed E-state index contributed by atoms with van der Waals surface area (Å²) in [4.78, 5) is 49.3. The molecule has 0 amide bonds. The van der Waals surface area contributed by atoms with E-state index < -0.39 is 96.8 Å². The zero-order valence-electron chi connectivity index (χ0n) is 35.1. The van der Waals surface area contributed by atoms with Gasteiger partial charge in [0.2, 0.25) is 0 Å². The van der Waals surface area contributed by atoms with Crippen LogP contribution in [0.15, 0.2) is 0 Å². The van der Waals surface area contributed by atoms with Crippen molar-refractivity contribution in [1.29, 1.82) is 0 Å². The molecule has 4 aliphatic rings. The highest BCUT2D eigenvalue weighted by Gasteiger charge is 2.70. The number of fused-ring (bicyclic) bond motifs is 1. The smallest absolute Gasteiger partial charge is 0.335 e. The van der Waals surface area contributed by atoms with Gasteiger partial charge in [0.25, 0.3) is 0 Å². The molecular formula is C41H68O14. The van der Waals surface area contributed by atoms with Gasteiger partial charge in [0, 0.05) is 38.5 Å². The number of carbonyl (C=O) groups is 4. The second-order valence-corrected chi connectivity index (χ2v) is 17.0. The summed E-state index contributed by atoms with van der Waals surface area (Å²) in [6, 6.07) is 0. The summed E-state index contributed by atoms with van der Waals surface area (Å²) >= 11 is 0. The molecule has 0 spiro atoms. The number of carboxylic acids is 1. The summed E-state index contributed by atoms with van der Waals surface area (Å²) in [5.74, 6) is -3.91. The minimum atomic E-state index is -1.36. The number of aliphatic hydroxyl groups is 1. The average molecular weight is 785 g/mol. The Hall–Kier alpha value is -2.36. The van der Waals surface area contributed by atoms with E-state index in [0.29, 0.717) is 25.7 Å². The van der Waals surface area contributed by atoms with Crippen molar-refractivity contribution in [1.82, 2.24) is 0 Å². The molecule has 0 aromatic heterocycles. The number of aliphatic carboxylic acids is 1. The van der Waals surface area contributed by atoms with Gasteiger partial charge in [-0.25, -0.2) is 4.79 Å². The van der Waals surface area contributed by atoms with Crippen LogP contribution in [0.5, 0.6) is 0 Å². The first-order valence-corrected chi connectivity index (χ1v) is 20.4. The minimum absolute atomic E-state index is 0.0602. The van der Waals surface area contributed by atoms with E-state index in [1.165, 1.54) is 20.8 Å². The van der Waals surface area contributed by atoms with Gasteiger partial charge in [-0.1, -0.05) is 55.4 Å². The molecule has 14 nitrogen and oxygen atoms in total. The van der Waals surface area contributed by atoms with Gasteiger partial charge in [-0.3, -0.25) is 14.4 Å². The molecule has 0 bridgehead atoms. The third kappa shape index (κ3) is 9.35. The molecule has 2 saturated heterocycles. The fourth-order valence-corrected chi connectivity index (χ4v) is 10.2. The number of rotatable bonds is 17. The van der Waals surface area contributed by atoms with Crippen LogP contribution in [0.25, 0.3) is 0 Å². The molecule has 2 N–H and O–H groups in total. The third-order valence-corrected chi connectivity index (χ3v) is 13.1. The van der Waals surface area contributed by atoms with E-state index >= 15 is 0 Å². The highest BCUT2D eigenvalue weighted by atomic mass is 16.7. The van der Waals surface area contributed by atoms with Gasteiger partial charge in [-0.2, -0.15) is 0 Å². The zero-order chi connectivity index (χ0) is 41.3. The summed E-state index contributed by atoms with van der Waals surface area (Å²) in [6.07, 6.45) is -6.37. The Labute approximate surface area is 326 Å². The molecular weight excluding hydrogens is 716 g/mol. The van der Waals surface area contributed by atoms with Crippen LogP contribution in [0.4, 0.5) is 0 Å². The normalized spacial score (nSPS) is 41.2. The number of carbonyl (C=O) groups excluding carboxylic acids is 3. The predicted octanol–water partition coefficient (Wildman–Crippen LogP) is 5.08. The number of hydrogen-bond acceptors (Lipinski definition) is 13. The lowest BCUT2D eigenvalue weighted by molar-refractivity contribution is -0.262. The number of ether oxygens (including phenoxy) is 8. The van der Waals surface area contributed by atoms with Crippen molar-refractivity contribution < 1.29 is 67.3 Å². The number of aliphatic hydroxyl groups excluding tert-OH is 1. The second kappa shape index (κ2) is 18.5. The lowest BCUT2D eigenvalue weighted by atomic mass is 9.59. The summed E-state index contributed by atoms with van der Waals surface area (Å²) in [6.45, 7) is 23.6. The van der Waals surface area contributed by atoms with Gasteiger partial charge in [-0.15, -0.1) is 0 Å². The van der Waals surface area contributed by atoms with Crippen molar-refractivity contribution in [2.75, 3.05) is 0 Å². The van der Waals surface area contributed by atoms with Crippen LogP contribution in [0.1, 0.15) is 116 Å². The molecule has 0 aromatic carbocycles. The van der Waals surface area contributed by atoms with Gasteiger partial charge >= 0.3 is 23.9 Å². The van der Waals surface area contributed by atoms with Crippen LogP contribution in [-0.4, -0.2) is 113 Å². The molecule has 316 valence electrons. The first kappa shape index (κ1) is 45.3. The Balaban J connectivity index is 1.59. The van der Waals surface area contributed by atoms with Gasteiger partial charge in [0.1, 0.15) is 30.5 Å². The van der Waals surface area contributed by atoms with E-state index in [1.807, 2.05) is 69.2 Å². The van der Waals surface area contributed by atoms with Crippen LogP contribution in [0.3, 0.4) is 0 Å². The fourth-order valence-electron chi connectivity index (χ4n) is 10.2. The van der Waals surface area contributed by atoms with E-state index in [1.54, 1.807) is 0 Å². The first-order chi connectivity index (χ1) is 25.7. The topological polar surface area (TPSA) is 183 Å². The SMILES string of the molecule is CCC(O)C(OC(C)=O)C(CC)C(C)C(C)OC1C(C)CC(C)C(OC(C)=O)C1OC1OC(C(=O)O)C(OC2C(C)C3C(OC(C)=O)C(CC)OC23C)C1C. The van der Waals surface area contributed by atoms with E-state index in [2.05, 4.69) is 0 Å². The maximum atomic E-state index is 12.7. The van der Waals surface area contributed by atoms with E-state index in [4.69, 9.17) is 37.9 Å². The largest absolute Gasteiger partial charge is 0.479 e. The molecule has 0 radical (unpaired) electrons. The minimum Gasteiger partial charge on any atom is -0.479 e. The van der Waals surface area contributed by atoms with Gasteiger partial charge < -0.3 is 48.1 Å². The molecule has 2 saturated carbocycles. The van der Waals surface area contributed by atoms with Crippen molar-refractivity contribution in [3.8, 4) is 0 Å². The second-order valence-electron chi connectivity index (χ2n) is 17.0. The molecule has 4 fully saturated rings. The summed E-state index contributed by atoms with van der Waals surface area (Å²) in [7, 11) is 0. The van der Waals surface area contributed by atoms with Crippen LogP contribution < -0.4 is 0 Å². The summed E-state index contributed by atoms with van der Waals surface area (Å²) < 4.78 is 50.2. The third-order valence-electron chi connectivity index (χ3n) is 13.1. The molecule has 14 heteroatoms.